The first kappa shape index (κ1) is 21.0. The van der Waals surface area contributed by atoms with Crippen molar-refractivity contribution < 1.29 is 29.3 Å². The standard InChI is InChI=1S/C22H24O6/c1-13-10-15(11-14(2)20(13)28-22(3,4)21(25)26)6-9-18(24)17-8-7-16(23)12-19(17)27-5/h6-12,23H,1-5H3,(H,25,26)/b9-6+. The van der Waals surface area contributed by atoms with Crippen molar-refractivity contribution in [2.75, 3.05) is 7.11 Å². The quantitative estimate of drug-likeness (QED) is 0.550. The third-order valence-electron chi connectivity index (χ3n) is 4.23. The molecule has 0 fully saturated rings. The number of methoxy groups -OCH3 is 1. The molecule has 28 heavy (non-hydrogen) atoms. The van der Waals surface area contributed by atoms with Gasteiger partial charge in [-0.05, 0) is 74.7 Å². The molecule has 148 valence electrons. The monoisotopic (exact) mass is 384 g/mol. The number of phenols is 1. The van der Waals surface area contributed by atoms with E-state index in [-0.39, 0.29) is 11.5 Å². The number of rotatable bonds is 7. The number of carbonyl (C=O) groups is 2. The Bertz CT molecular complexity index is 917. The van der Waals surface area contributed by atoms with E-state index in [1.807, 2.05) is 26.0 Å². The maximum Gasteiger partial charge on any atom is 0.347 e. The number of carbonyl (C=O) groups excluding carboxylic acids is 1. The van der Waals surface area contributed by atoms with Crippen molar-refractivity contribution in [3.63, 3.8) is 0 Å². The molecule has 0 unspecified atom stereocenters. The van der Waals surface area contributed by atoms with Crippen LogP contribution in [-0.2, 0) is 4.79 Å². The maximum atomic E-state index is 12.5. The normalized spacial score (nSPS) is 11.5. The molecular weight excluding hydrogens is 360 g/mol. The van der Waals surface area contributed by atoms with Crippen LogP contribution in [0.25, 0.3) is 6.08 Å². The van der Waals surface area contributed by atoms with Crippen LogP contribution in [-0.4, -0.2) is 34.7 Å². The van der Waals surface area contributed by atoms with E-state index >= 15 is 0 Å². The summed E-state index contributed by atoms with van der Waals surface area (Å²) >= 11 is 0. The molecular formula is C22H24O6. The fourth-order valence-electron chi connectivity index (χ4n) is 2.68. The van der Waals surface area contributed by atoms with E-state index in [0.29, 0.717) is 17.1 Å². The molecule has 0 aliphatic rings. The van der Waals surface area contributed by atoms with Gasteiger partial charge in [-0.2, -0.15) is 0 Å². The van der Waals surface area contributed by atoms with E-state index < -0.39 is 11.6 Å². The summed E-state index contributed by atoms with van der Waals surface area (Å²) in [4.78, 5) is 23.8. The summed E-state index contributed by atoms with van der Waals surface area (Å²) in [7, 11) is 1.43. The van der Waals surface area contributed by atoms with Gasteiger partial charge in [-0.3, -0.25) is 4.79 Å². The minimum atomic E-state index is -1.35. The Morgan fingerprint density at radius 1 is 1.07 bits per heavy atom. The van der Waals surface area contributed by atoms with Gasteiger partial charge in [-0.25, -0.2) is 4.79 Å². The van der Waals surface area contributed by atoms with E-state index in [9.17, 15) is 19.8 Å². The van der Waals surface area contributed by atoms with Gasteiger partial charge in [-0.1, -0.05) is 6.08 Å². The van der Waals surface area contributed by atoms with Gasteiger partial charge in [0, 0.05) is 6.07 Å². The molecule has 6 nitrogen and oxygen atoms in total. The zero-order valence-electron chi connectivity index (χ0n) is 16.6. The van der Waals surface area contributed by atoms with Crippen LogP contribution >= 0.6 is 0 Å². The molecule has 0 heterocycles. The molecule has 2 N–H and O–H groups in total. The molecule has 6 heteroatoms. The van der Waals surface area contributed by atoms with Crippen LogP contribution in [0.4, 0.5) is 0 Å². The zero-order valence-corrected chi connectivity index (χ0v) is 16.6. The highest BCUT2D eigenvalue weighted by molar-refractivity contribution is 6.08. The van der Waals surface area contributed by atoms with Crippen molar-refractivity contribution in [3.05, 3.63) is 58.7 Å². The topological polar surface area (TPSA) is 93.1 Å². The third-order valence-corrected chi connectivity index (χ3v) is 4.23. The number of ether oxygens (including phenoxy) is 2. The first-order chi connectivity index (χ1) is 13.0. The van der Waals surface area contributed by atoms with E-state index in [0.717, 1.165) is 16.7 Å². The minimum absolute atomic E-state index is 0.0171. The van der Waals surface area contributed by atoms with Gasteiger partial charge in [0.2, 0.25) is 0 Å². The third kappa shape index (κ3) is 4.71. The van der Waals surface area contributed by atoms with Crippen molar-refractivity contribution in [1.29, 1.82) is 0 Å². The van der Waals surface area contributed by atoms with Gasteiger partial charge in [-0.15, -0.1) is 0 Å². The van der Waals surface area contributed by atoms with Crippen LogP contribution < -0.4 is 9.47 Å². The van der Waals surface area contributed by atoms with Crippen LogP contribution in [0.1, 0.15) is 40.9 Å². The second-order valence-electron chi connectivity index (χ2n) is 6.98. The van der Waals surface area contributed by atoms with Gasteiger partial charge in [0.1, 0.15) is 17.2 Å². The lowest BCUT2D eigenvalue weighted by atomic mass is 10.0. The lowest BCUT2D eigenvalue weighted by Gasteiger charge is -2.24. The van der Waals surface area contributed by atoms with Gasteiger partial charge in [0.05, 0.1) is 12.7 Å². The Balaban J connectivity index is 2.28. The highest BCUT2D eigenvalue weighted by atomic mass is 16.5. The summed E-state index contributed by atoms with van der Waals surface area (Å²) in [5.41, 5.74) is 1.31. The maximum absolute atomic E-state index is 12.5. The fourth-order valence-corrected chi connectivity index (χ4v) is 2.68. The highest BCUT2D eigenvalue weighted by Gasteiger charge is 2.30. The van der Waals surface area contributed by atoms with Gasteiger partial charge >= 0.3 is 5.97 Å². The molecule has 0 aliphatic carbocycles. The van der Waals surface area contributed by atoms with Crippen LogP contribution in [0.3, 0.4) is 0 Å². The summed E-state index contributed by atoms with van der Waals surface area (Å²) in [6.07, 6.45) is 3.09. The predicted octanol–water partition coefficient (Wildman–Crippen LogP) is 4.16. The van der Waals surface area contributed by atoms with E-state index in [1.165, 1.54) is 45.2 Å². The summed E-state index contributed by atoms with van der Waals surface area (Å²) in [5, 5.41) is 18.8. The van der Waals surface area contributed by atoms with Gasteiger partial charge < -0.3 is 19.7 Å². The lowest BCUT2D eigenvalue weighted by Crippen LogP contribution is -2.38. The SMILES string of the molecule is COc1cc(O)ccc1C(=O)/C=C/c1cc(C)c(OC(C)(C)C(=O)O)c(C)c1. The molecule has 0 saturated heterocycles. The number of carboxylic acids is 1. The molecule has 0 radical (unpaired) electrons. The van der Waals surface area contributed by atoms with Crippen LogP contribution in [0.5, 0.6) is 17.2 Å². The Morgan fingerprint density at radius 2 is 1.68 bits per heavy atom. The van der Waals surface area contributed by atoms with Crippen LogP contribution in [0, 0.1) is 13.8 Å². The van der Waals surface area contributed by atoms with Crippen molar-refractivity contribution >= 4 is 17.8 Å². The molecule has 0 amide bonds. The molecule has 0 atom stereocenters. The van der Waals surface area contributed by atoms with Gasteiger partial charge in [0.25, 0.3) is 0 Å². The highest BCUT2D eigenvalue weighted by Crippen LogP contribution is 2.29. The number of benzene rings is 2. The second-order valence-corrected chi connectivity index (χ2v) is 6.98. The first-order valence-corrected chi connectivity index (χ1v) is 8.68. The number of aromatic hydroxyl groups is 1. The van der Waals surface area contributed by atoms with Crippen LogP contribution in [0.2, 0.25) is 0 Å². The Labute approximate surface area is 164 Å². The number of allylic oxidation sites excluding steroid dienone is 1. The minimum Gasteiger partial charge on any atom is -0.508 e. The van der Waals surface area contributed by atoms with Crippen LogP contribution in [0.15, 0.2) is 36.4 Å². The molecule has 0 bridgehead atoms. The smallest absolute Gasteiger partial charge is 0.347 e. The molecule has 0 aromatic heterocycles. The number of hydrogen-bond acceptors (Lipinski definition) is 5. The first-order valence-electron chi connectivity index (χ1n) is 8.68. The number of aryl methyl sites for hydroxylation is 2. The van der Waals surface area contributed by atoms with E-state index in [4.69, 9.17) is 9.47 Å². The fraction of sp³-hybridized carbons (Fsp3) is 0.273. The van der Waals surface area contributed by atoms with Gasteiger partial charge in [0.15, 0.2) is 11.4 Å². The number of ketones is 1. The number of phenolic OH excluding ortho intramolecular Hbond substituents is 1. The van der Waals surface area contributed by atoms with Crippen molar-refractivity contribution in [3.8, 4) is 17.2 Å². The lowest BCUT2D eigenvalue weighted by molar-refractivity contribution is -0.152. The molecule has 2 rings (SSSR count). The Hall–Kier alpha value is -3.28. The van der Waals surface area contributed by atoms with Crippen molar-refractivity contribution in [1.82, 2.24) is 0 Å². The Kier molecular flexibility index (Phi) is 6.13. The summed E-state index contributed by atoms with van der Waals surface area (Å²) < 4.78 is 10.8. The zero-order chi connectivity index (χ0) is 21.1. The number of carboxylic acid groups (broad SMARTS) is 1. The summed E-state index contributed by atoms with van der Waals surface area (Å²) in [6, 6.07) is 7.94. The number of aliphatic carboxylic acids is 1. The molecule has 2 aromatic carbocycles. The largest absolute Gasteiger partial charge is 0.508 e. The second kappa shape index (κ2) is 8.17. The molecule has 0 spiro atoms. The van der Waals surface area contributed by atoms with Crippen molar-refractivity contribution in [2.24, 2.45) is 0 Å². The predicted molar refractivity (Wildman–Crippen MR) is 106 cm³/mol. The van der Waals surface area contributed by atoms with Crippen molar-refractivity contribution in [2.45, 2.75) is 33.3 Å². The molecule has 0 saturated carbocycles. The summed E-state index contributed by atoms with van der Waals surface area (Å²) in [5.74, 6) is -0.496. The number of hydrogen-bond donors (Lipinski definition) is 2. The molecule has 2 aromatic rings. The van der Waals surface area contributed by atoms with E-state index in [2.05, 4.69) is 0 Å². The summed E-state index contributed by atoms with van der Waals surface area (Å²) in [6.45, 7) is 6.63. The van der Waals surface area contributed by atoms with E-state index in [1.54, 1.807) is 6.08 Å². The Morgan fingerprint density at radius 3 is 2.21 bits per heavy atom. The molecule has 0 aliphatic heterocycles. The average Bonchev–Trinajstić information content (AvgIpc) is 2.62. The average molecular weight is 384 g/mol.